The van der Waals surface area contributed by atoms with Crippen molar-refractivity contribution >= 4 is 17.5 Å². The number of aryl methyl sites for hydroxylation is 1. The first-order valence-corrected chi connectivity index (χ1v) is 9.32. The first kappa shape index (κ1) is 16.6. The number of aromatic nitrogens is 2. The van der Waals surface area contributed by atoms with Gasteiger partial charge in [-0.25, -0.2) is 4.98 Å². The predicted octanol–water partition coefficient (Wildman–Crippen LogP) is 2.44. The minimum Gasteiger partial charge on any atom is -0.340 e. The normalized spacial score (nSPS) is 21.2. The van der Waals surface area contributed by atoms with E-state index in [1.807, 2.05) is 35.5 Å². The average molecular weight is 359 g/mol. The SMILES string of the molecule is O=C([C@@H]1CCn2ccnc2C1)N1CCN(Cc2cccc(Cl)c2)CC1. The summed E-state index contributed by atoms with van der Waals surface area (Å²) < 4.78 is 2.16. The van der Waals surface area contributed by atoms with Gasteiger partial charge in [-0.05, 0) is 24.1 Å². The number of amides is 1. The molecule has 1 atom stereocenters. The maximum atomic E-state index is 12.8. The lowest BCUT2D eigenvalue weighted by atomic mass is 9.96. The molecule has 2 aliphatic heterocycles. The molecule has 5 nitrogen and oxygen atoms in total. The summed E-state index contributed by atoms with van der Waals surface area (Å²) >= 11 is 6.06. The van der Waals surface area contributed by atoms with Crippen LogP contribution in [0.2, 0.25) is 5.02 Å². The van der Waals surface area contributed by atoms with Crippen LogP contribution in [-0.4, -0.2) is 51.4 Å². The van der Waals surface area contributed by atoms with Crippen LogP contribution in [0.5, 0.6) is 0 Å². The lowest BCUT2D eigenvalue weighted by Crippen LogP contribution is -2.50. The fraction of sp³-hybridized carbons (Fsp3) is 0.474. The Hall–Kier alpha value is -1.85. The number of nitrogens with zero attached hydrogens (tertiary/aromatic N) is 4. The van der Waals surface area contributed by atoms with Crippen LogP contribution in [0.1, 0.15) is 17.8 Å². The highest BCUT2D eigenvalue weighted by atomic mass is 35.5. The largest absolute Gasteiger partial charge is 0.340 e. The molecule has 0 N–H and O–H groups in total. The first-order valence-electron chi connectivity index (χ1n) is 8.94. The summed E-state index contributed by atoms with van der Waals surface area (Å²) in [4.78, 5) is 21.7. The molecular weight excluding hydrogens is 336 g/mol. The van der Waals surface area contributed by atoms with Gasteiger partial charge in [0.2, 0.25) is 5.91 Å². The Kier molecular flexibility index (Phi) is 4.77. The maximum absolute atomic E-state index is 12.8. The minimum atomic E-state index is 0.0920. The Labute approximate surface area is 153 Å². The van der Waals surface area contributed by atoms with Gasteiger partial charge in [-0.3, -0.25) is 9.69 Å². The van der Waals surface area contributed by atoms with E-state index in [-0.39, 0.29) is 5.92 Å². The Morgan fingerprint density at radius 2 is 2.04 bits per heavy atom. The first-order chi connectivity index (χ1) is 12.2. The molecule has 1 aromatic carbocycles. The predicted molar refractivity (Wildman–Crippen MR) is 97.3 cm³/mol. The van der Waals surface area contributed by atoms with Crippen LogP contribution in [0.25, 0.3) is 0 Å². The van der Waals surface area contributed by atoms with Gasteiger partial charge in [-0.1, -0.05) is 23.7 Å². The van der Waals surface area contributed by atoms with Gasteiger partial charge >= 0.3 is 0 Å². The zero-order chi connectivity index (χ0) is 17.2. The lowest BCUT2D eigenvalue weighted by molar-refractivity contribution is -0.138. The van der Waals surface area contributed by atoms with Crippen LogP contribution in [0, 0.1) is 5.92 Å². The molecule has 0 radical (unpaired) electrons. The molecule has 4 rings (SSSR count). The topological polar surface area (TPSA) is 41.4 Å². The maximum Gasteiger partial charge on any atom is 0.226 e. The number of hydrogen-bond donors (Lipinski definition) is 0. The summed E-state index contributed by atoms with van der Waals surface area (Å²) in [6, 6.07) is 8.01. The molecular formula is C19H23ClN4O. The molecule has 6 heteroatoms. The lowest BCUT2D eigenvalue weighted by Gasteiger charge is -2.37. The van der Waals surface area contributed by atoms with Gasteiger partial charge in [0, 0.05) is 69.0 Å². The molecule has 0 bridgehead atoms. The van der Waals surface area contributed by atoms with E-state index < -0.39 is 0 Å². The van der Waals surface area contributed by atoms with Gasteiger partial charge < -0.3 is 9.47 Å². The summed E-state index contributed by atoms with van der Waals surface area (Å²) in [7, 11) is 0. The molecule has 25 heavy (non-hydrogen) atoms. The molecule has 132 valence electrons. The van der Waals surface area contributed by atoms with Gasteiger partial charge in [0.25, 0.3) is 0 Å². The number of imidazole rings is 1. The third-order valence-electron chi connectivity index (χ3n) is 5.28. The van der Waals surface area contributed by atoms with E-state index in [4.69, 9.17) is 11.6 Å². The van der Waals surface area contributed by atoms with Crippen LogP contribution in [0.15, 0.2) is 36.7 Å². The van der Waals surface area contributed by atoms with Gasteiger partial charge in [0.15, 0.2) is 0 Å². The average Bonchev–Trinajstić information content (AvgIpc) is 3.09. The molecule has 0 unspecified atom stereocenters. The third kappa shape index (κ3) is 3.72. The van der Waals surface area contributed by atoms with Crippen molar-refractivity contribution in [1.82, 2.24) is 19.4 Å². The highest BCUT2D eigenvalue weighted by Gasteiger charge is 2.30. The van der Waals surface area contributed by atoms with Crippen LogP contribution in [0.3, 0.4) is 0 Å². The fourth-order valence-electron chi connectivity index (χ4n) is 3.84. The van der Waals surface area contributed by atoms with Gasteiger partial charge in [0.05, 0.1) is 0 Å². The smallest absolute Gasteiger partial charge is 0.226 e. The highest BCUT2D eigenvalue weighted by Crippen LogP contribution is 2.22. The van der Waals surface area contributed by atoms with Crippen molar-refractivity contribution in [2.45, 2.75) is 25.9 Å². The second kappa shape index (κ2) is 7.18. The summed E-state index contributed by atoms with van der Waals surface area (Å²) in [5, 5.41) is 0.780. The Bertz CT molecular complexity index is 751. The van der Waals surface area contributed by atoms with Gasteiger partial charge in [0.1, 0.15) is 5.82 Å². The van der Waals surface area contributed by atoms with Crippen molar-refractivity contribution in [2.24, 2.45) is 5.92 Å². The van der Waals surface area contributed by atoms with E-state index in [0.29, 0.717) is 5.91 Å². The van der Waals surface area contributed by atoms with Gasteiger partial charge in [-0.15, -0.1) is 0 Å². The number of hydrogen-bond acceptors (Lipinski definition) is 3. The van der Waals surface area contributed by atoms with Crippen LogP contribution in [-0.2, 0) is 24.3 Å². The molecule has 0 aliphatic carbocycles. The zero-order valence-corrected chi connectivity index (χ0v) is 15.0. The summed E-state index contributed by atoms with van der Waals surface area (Å²) in [6.07, 6.45) is 5.53. The van der Waals surface area contributed by atoms with E-state index in [0.717, 1.165) is 63.0 Å². The molecule has 0 spiro atoms. The standard InChI is InChI=1S/C19H23ClN4O/c20-17-3-1-2-15(12-17)14-22-8-10-24(11-9-22)19(25)16-4-6-23-7-5-21-18(23)13-16/h1-3,5,7,12,16H,4,6,8-11,13-14H2/t16-/m1/s1. The summed E-state index contributed by atoms with van der Waals surface area (Å²) in [5.74, 6) is 1.44. The Morgan fingerprint density at radius 1 is 1.20 bits per heavy atom. The van der Waals surface area contributed by atoms with Crippen LogP contribution in [0.4, 0.5) is 0 Å². The molecule has 1 saturated heterocycles. The molecule has 1 amide bonds. The number of fused-ring (bicyclic) bond motifs is 1. The Balaban J connectivity index is 1.30. The van der Waals surface area contributed by atoms with Crippen molar-refractivity contribution in [2.75, 3.05) is 26.2 Å². The monoisotopic (exact) mass is 358 g/mol. The number of halogens is 1. The van der Waals surface area contributed by atoms with E-state index in [1.165, 1.54) is 5.56 Å². The van der Waals surface area contributed by atoms with Crippen molar-refractivity contribution < 1.29 is 4.79 Å². The quantitative estimate of drug-likeness (QED) is 0.846. The number of rotatable bonds is 3. The number of benzene rings is 1. The third-order valence-corrected chi connectivity index (χ3v) is 5.51. The fourth-order valence-corrected chi connectivity index (χ4v) is 4.05. The second-order valence-corrected chi connectivity index (χ2v) is 7.39. The van der Waals surface area contributed by atoms with Gasteiger partial charge in [-0.2, -0.15) is 0 Å². The van der Waals surface area contributed by atoms with E-state index in [1.54, 1.807) is 0 Å². The minimum absolute atomic E-state index is 0.0920. The summed E-state index contributed by atoms with van der Waals surface area (Å²) in [5.41, 5.74) is 1.23. The van der Waals surface area contributed by atoms with E-state index >= 15 is 0 Å². The van der Waals surface area contributed by atoms with E-state index in [9.17, 15) is 4.79 Å². The number of carbonyl (C=O) groups excluding carboxylic acids is 1. The van der Waals surface area contributed by atoms with Crippen molar-refractivity contribution in [1.29, 1.82) is 0 Å². The number of piperazine rings is 1. The molecule has 2 aliphatic rings. The van der Waals surface area contributed by atoms with Crippen LogP contribution < -0.4 is 0 Å². The van der Waals surface area contributed by atoms with Crippen LogP contribution >= 0.6 is 11.6 Å². The van der Waals surface area contributed by atoms with Crippen molar-refractivity contribution in [3.8, 4) is 0 Å². The Morgan fingerprint density at radius 3 is 2.84 bits per heavy atom. The molecule has 2 aromatic rings. The number of carbonyl (C=O) groups is 1. The molecule has 0 saturated carbocycles. The highest BCUT2D eigenvalue weighted by molar-refractivity contribution is 6.30. The molecule has 1 aromatic heterocycles. The molecule has 3 heterocycles. The zero-order valence-electron chi connectivity index (χ0n) is 14.3. The second-order valence-electron chi connectivity index (χ2n) is 6.96. The van der Waals surface area contributed by atoms with Crippen molar-refractivity contribution in [3.05, 3.63) is 53.1 Å². The van der Waals surface area contributed by atoms with E-state index in [2.05, 4.69) is 20.5 Å². The summed E-state index contributed by atoms with van der Waals surface area (Å²) in [6.45, 7) is 5.25. The van der Waals surface area contributed by atoms with Crippen molar-refractivity contribution in [3.63, 3.8) is 0 Å². The molecule has 1 fully saturated rings.